The van der Waals surface area contributed by atoms with Crippen LogP contribution in [0.5, 0.6) is 0 Å². The third kappa shape index (κ3) is 4.73. The monoisotopic (exact) mass is 649 g/mol. The maximum absolute atomic E-state index is 14.7. The van der Waals surface area contributed by atoms with Crippen LogP contribution in [0.3, 0.4) is 0 Å². The van der Waals surface area contributed by atoms with Gasteiger partial charge in [-0.2, -0.15) is 0 Å². The molecule has 0 bridgehead atoms. The molecule has 0 aromatic carbocycles. The number of nitrogens with zero attached hydrogens (tertiary/aromatic N) is 1. The summed E-state index contributed by atoms with van der Waals surface area (Å²) in [5.74, 6) is -0.499. The van der Waals surface area contributed by atoms with Gasteiger partial charge in [0.2, 0.25) is 5.70 Å². The number of rotatable bonds is 5. The molecule has 7 heteroatoms. The Morgan fingerprint density at radius 3 is 2.24 bits per heavy atom. The number of methoxy groups -OCH3 is 1. The van der Waals surface area contributed by atoms with Crippen molar-refractivity contribution in [2.75, 3.05) is 13.7 Å². The van der Waals surface area contributed by atoms with Crippen LogP contribution in [-0.4, -0.2) is 39.6 Å². The van der Waals surface area contributed by atoms with E-state index >= 15 is 0 Å². The van der Waals surface area contributed by atoms with E-state index in [0.29, 0.717) is 13.0 Å². The van der Waals surface area contributed by atoms with Gasteiger partial charge in [0.15, 0.2) is 19.9 Å². The van der Waals surface area contributed by atoms with Crippen LogP contribution in [0.25, 0.3) is 4.85 Å². The lowest BCUT2D eigenvalue weighted by Gasteiger charge is -2.69. The molecule has 8 atom stereocenters. The number of carbonyl (C=O) groups is 3. The molecule has 46 heavy (non-hydrogen) atoms. The molecule has 3 fully saturated rings. The predicted molar refractivity (Wildman–Crippen MR) is 184 cm³/mol. The highest BCUT2D eigenvalue weighted by atomic mass is 28.4. The van der Waals surface area contributed by atoms with Crippen molar-refractivity contribution in [2.45, 2.75) is 132 Å². The molecule has 0 N–H and O–H groups in total. The van der Waals surface area contributed by atoms with Gasteiger partial charge >= 0.3 is 5.97 Å². The Bertz CT molecular complexity index is 1440. The van der Waals surface area contributed by atoms with Gasteiger partial charge in [-0.1, -0.05) is 74.0 Å². The van der Waals surface area contributed by atoms with Crippen LogP contribution in [0.1, 0.15) is 114 Å². The molecule has 0 heterocycles. The molecule has 0 radical (unpaired) electrons. The predicted octanol–water partition coefficient (Wildman–Crippen LogP) is 9.12. The second-order valence-electron chi connectivity index (χ2n) is 18.9. The zero-order chi connectivity index (χ0) is 34.5. The number of allylic oxidation sites excluding steroid dienone is 4. The van der Waals surface area contributed by atoms with Gasteiger partial charge in [-0.25, -0.2) is 4.85 Å². The maximum Gasteiger partial charge on any atom is 0.312 e. The van der Waals surface area contributed by atoms with Gasteiger partial charge in [0.05, 0.1) is 19.1 Å². The van der Waals surface area contributed by atoms with E-state index in [-0.39, 0.29) is 62.3 Å². The summed E-state index contributed by atoms with van der Waals surface area (Å²) in [6.07, 6.45) is 10.2. The van der Waals surface area contributed by atoms with Crippen molar-refractivity contribution in [1.82, 2.24) is 0 Å². The third-order valence-corrected chi connectivity index (χ3v) is 19.7. The Morgan fingerprint density at radius 2 is 1.65 bits per heavy atom. The summed E-state index contributed by atoms with van der Waals surface area (Å²) in [7, 11) is -0.536. The molecule has 0 aromatic rings. The topological polar surface area (TPSA) is 74.0 Å². The summed E-state index contributed by atoms with van der Waals surface area (Å²) in [5.41, 5.74) is -1.35. The summed E-state index contributed by atoms with van der Waals surface area (Å²) in [4.78, 5) is 46.2. The minimum atomic E-state index is -2.03. The van der Waals surface area contributed by atoms with Crippen LogP contribution < -0.4 is 0 Å². The summed E-state index contributed by atoms with van der Waals surface area (Å²) in [5, 5.41) is 0.0610. The molecular weight excluding hydrogens is 591 g/mol. The first-order valence-electron chi connectivity index (χ1n) is 17.6. The van der Waals surface area contributed by atoms with Crippen LogP contribution in [0.4, 0.5) is 0 Å². The largest absolute Gasteiger partial charge is 0.469 e. The highest BCUT2D eigenvalue weighted by molar-refractivity contribution is 6.74. The fraction of sp³-hybridized carbons (Fsp3) is 0.795. The lowest BCUT2D eigenvalue weighted by Crippen LogP contribution is -2.66. The molecule has 0 amide bonds. The molecule has 5 aliphatic carbocycles. The quantitative estimate of drug-likeness (QED) is 0.169. The van der Waals surface area contributed by atoms with E-state index in [9.17, 15) is 14.4 Å². The fourth-order valence-electron chi connectivity index (χ4n) is 11.0. The molecule has 0 saturated heterocycles. The molecule has 3 saturated carbocycles. The van der Waals surface area contributed by atoms with E-state index in [2.05, 4.69) is 80.3 Å². The second-order valence-corrected chi connectivity index (χ2v) is 23.7. The summed E-state index contributed by atoms with van der Waals surface area (Å²) in [6.45, 7) is 33.1. The SMILES string of the molecule is [C-]#[N+]C1=C[C@]2(C)C3=CC(=O)[C@@H]4[C@@H]5CC(C)(C)CC[C@]5(C(=O)OC)CC[C@@]4(C)[C@]3(C)CC[C@H]2[C@](C)(CCO[Si](C)(C)C(C)(C)C)C1=O. The van der Waals surface area contributed by atoms with Crippen LogP contribution in [0, 0.1) is 56.8 Å². The van der Waals surface area contributed by atoms with E-state index in [1.165, 1.54) is 7.11 Å². The average molecular weight is 650 g/mol. The number of Topliss-reactive ketones (excluding diaryl/α,β-unsaturated/α-hetero) is 1. The van der Waals surface area contributed by atoms with Crippen LogP contribution in [0.2, 0.25) is 18.1 Å². The van der Waals surface area contributed by atoms with Crippen molar-refractivity contribution >= 4 is 25.9 Å². The molecule has 5 rings (SSSR count). The highest BCUT2D eigenvalue weighted by Crippen LogP contribution is 2.75. The van der Waals surface area contributed by atoms with Gasteiger partial charge in [-0.3, -0.25) is 9.59 Å². The minimum absolute atomic E-state index is 0.0420. The van der Waals surface area contributed by atoms with E-state index in [1.54, 1.807) is 0 Å². The normalized spacial score (nSPS) is 41.9. The van der Waals surface area contributed by atoms with Crippen LogP contribution in [-0.2, 0) is 23.5 Å². The van der Waals surface area contributed by atoms with Crippen LogP contribution in [0.15, 0.2) is 23.4 Å². The van der Waals surface area contributed by atoms with Gasteiger partial charge in [0.25, 0.3) is 0 Å². The van der Waals surface area contributed by atoms with E-state index in [0.717, 1.165) is 50.5 Å². The lowest BCUT2D eigenvalue weighted by molar-refractivity contribution is -0.191. The first-order valence-corrected chi connectivity index (χ1v) is 20.5. The van der Waals surface area contributed by atoms with Crippen molar-refractivity contribution in [3.8, 4) is 0 Å². The second kappa shape index (κ2) is 10.7. The zero-order valence-corrected chi connectivity index (χ0v) is 31.7. The molecule has 0 aliphatic heterocycles. The highest BCUT2D eigenvalue weighted by Gasteiger charge is 2.71. The third-order valence-electron chi connectivity index (χ3n) is 15.2. The molecule has 0 unspecified atom stereocenters. The number of hydrogen-bond acceptors (Lipinski definition) is 5. The van der Waals surface area contributed by atoms with Crippen molar-refractivity contribution < 1.29 is 23.5 Å². The smallest absolute Gasteiger partial charge is 0.312 e. The molecule has 0 aromatic heterocycles. The Morgan fingerprint density at radius 1 is 1.02 bits per heavy atom. The number of hydrogen-bond donors (Lipinski definition) is 0. The van der Waals surface area contributed by atoms with Gasteiger partial charge in [0, 0.05) is 23.4 Å². The molecule has 5 aliphatic rings. The average Bonchev–Trinajstić information content (AvgIpc) is 2.95. The Balaban J connectivity index is 1.60. The van der Waals surface area contributed by atoms with Crippen molar-refractivity contribution in [3.63, 3.8) is 0 Å². The van der Waals surface area contributed by atoms with Gasteiger partial charge in [-0.15, -0.1) is 0 Å². The number of ketones is 2. The first-order chi connectivity index (χ1) is 21.0. The van der Waals surface area contributed by atoms with Crippen molar-refractivity contribution in [3.05, 3.63) is 34.8 Å². The van der Waals surface area contributed by atoms with E-state index in [4.69, 9.17) is 15.7 Å². The lowest BCUT2D eigenvalue weighted by atomic mass is 9.34. The maximum atomic E-state index is 14.7. The van der Waals surface area contributed by atoms with Crippen molar-refractivity contribution in [1.29, 1.82) is 0 Å². The number of fused-ring (bicyclic) bond motifs is 7. The Hall–Kier alpha value is -2.04. The van der Waals surface area contributed by atoms with E-state index < -0.39 is 24.6 Å². The van der Waals surface area contributed by atoms with E-state index in [1.807, 2.05) is 12.2 Å². The Kier molecular flexibility index (Phi) is 8.23. The number of esters is 1. The number of ether oxygens (including phenoxy) is 1. The summed E-state index contributed by atoms with van der Waals surface area (Å²) < 4.78 is 12.1. The van der Waals surface area contributed by atoms with Crippen LogP contribution >= 0.6 is 0 Å². The molecule has 6 nitrogen and oxygen atoms in total. The van der Waals surface area contributed by atoms with Gasteiger partial charge in [0.1, 0.15) is 0 Å². The molecule has 254 valence electrons. The number of carbonyl (C=O) groups excluding carboxylic acids is 3. The van der Waals surface area contributed by atoms with Crippen molar-refractivity contribution in [2.24, 2.45) is 50.2 Å². The zero-order valence-electron chi connectivity index (χ0n) is 30.7. The minimum Gasteiger partial charge on any atom is -0.469 e. The molecular formula is C39H59NO5Si. The first kappa shape index (κ1) is 35.3. The fourth-order valence-corrected chi connectivity index (χ4v) is 12.1. The van der Waals surface area contributed by atoms with Gasteiger partial charge < -0.3 is 14.0 Å². The standard InChI is InChI=1S/C39H59NO5Si/c1-33(2,3)46(12,13)45-21-20-35(6)28-14-15-37(8)29(36(28,7)24-26(40-10)31(35)42)22-27(41)30-25-23-34(4,5)16-18-39(25,32(43)44-11)19-17-38(30,37)9/h22,24-25,28,30H,14-21,23H2,1-9,11-13H3/t25-,28-,30-,35-,36-,37+,38+,39-/m0/s1. The van der Waals surface area contributed by atoms with Gasteiger partial charge in [-0.05, 0) is 104 Å². The molecule has 0 spiro atoms. The summed E-state index contributed by atoms with van der Waals surface area (Å²) in [6, 6.07) is 0. The summed E-state index contributed by atoms with van der Waals surface area (Å²) >= 11 is 0. The Labute approximate surface area is 279 Å².